The van der Waals surface area contributed by atoms with Crippen LogP contribution in [0.25, 0.3) is 0 Å². The second kappa shape index (κ2) is 3.74. The Hall–Kier alpha value is -0.640. The Kier molecular flexibility index (Phi) is 2.71. The molecule has 2 rings (SSSR count). The van der Waals surface area contributed by atoms with Gasteiger partial charge in [-0.25, -0.2) is 9.97 Å². The van der Waals surface area contributed by atoms with Crippen LogP contribution in [-0.2, 0) is 0 Å². The highest BCUT2D eigenvalue weighted by Gasteiger charge is 2.27. The van der Waals surface area contributed by atoms with Gasteiger partial charge >= 0.3 is 0 Å². The maximum atomic E-state index is 4.53. The number of hydrogen-bond acceptors (Lipinski definition) is 3. The van der Waals surface area contributed by atoms with E-state index >= 15 is 0 Å². The highest BCUT2D eigenvalue weighted by Crippen LogP contribution is 2.38. The molecule has 0 radical (unpaired) electrons. The zero-order chi connectivity index (χ0) is 11.1. The normalized spacial score (nSPS) is 16.5. The molecule has 4 heteroatoms. The lowest BCUT2D eigenvalue weighted by molar-refractivity contribution is 0.628. The first-order valence-corrected chi connectivity index (χ1v) is 6.06. The Bertz CT molecular complexity index is 367. The van der Waals surface area contributed by atoms with Crippen molar-refractivity contribution in [2.45, 2.75) is 45.1 Å². The Morgan fingerprint density at radius 2 is 2.00 bits per heavy atom. The number of rotatable bonds is 2. The molecule has 0 bridgehead atoms. The molecule has 0 aliphatic heterocycles. The van der Waals surface area contributed by atoms with Crippen molar-refractivity contribution in [3.63, 3.8) is 0 Å². The van der Waals surface area contributed by atoms with Crippen LogP contribution in [0.3, 0.4) is 0 Å². The van der Waals surface area contributed by atoms with Crippen LogP contribution < -0.4 is 5.32 Å². The molecule has 0 atom stereocenters. The molecule has 1 fully saturated rings. The zero-order valence-electron chi connectivity index (χ0n) is 9.34. The quantitative estimate of drug-likeness (QED) is 0.838. The van der Waals surface area contributed by atoms with Crippen LogP contribution in [-0.4, -0.2) is 15.5 Å². The van der Waals surface area contributed by atoms with Crippen LogP contribution >= 0.6 is 15.9 Å². The maximum Gasteiger partial charge on any atom is 0.135 e. The number of halogens is 1. The predicted molar refractivity (Wildman–Crippen MR) is 65.1 cm³/mol. The minimum Gasteiger partial charge on any atom is -0.365 e. The fourth-order valence-corrected chi connectivity index (χ4v) is 1.81. The highest BCUT2D eigenvalue weighted by molar-refractivity contribution is 9.10. The summed E-state index contributed by atoms with van der Waals surface area (Å²) in [4.78, 5) is 8.92. The molecule has 15 heavy (non-hydrogen) atoms. The van der Waals surface area contributed by atoms with Gasteiger partial charge in [0.05, 0.1) is 0 Å². The van der Waals surface area contributed by atoms with Gasteiger partial charge in [0.2, 0.25) is 0 Å². The van der Waals surface area contributed by atoms with Crippen LogP contribution in [0, 0.1) is 0 Å². The molecule has 1 aromatic heterocycles. The Labute approximate surface area is 98.8 Å². The molecule has 0 saturated heterocycles. The average Bonchev–Trinajstić information content (AvgIpc) is 2.80. The SMILES string of the molecule is CC(C)(C)Nc1cc(Br)nc(C2CC2)n1. The van der Waals surface area contributed by atoms with Crippen LogP contribution in [0.2, 0.25) is 0 Å². The molecule has 1 heterocycles. The summed E-state index contributed by atoms with van der Waals surface area (Å²) in [5.74, 6) is 2.46. The zero-order valence-corrected chi connectivity index (χ0v) is 10.9. The second-order valence-corrected chi connectivity index (χ2v) is 5.90. The van der Waals surface area contributed by atoms with Crippen LogP contribution in [0.4, 0.5) is 5.82 Å². The minimum atomic E-state index is 0.0363. The maximum absolute atomic E-state index is 4.53. The van der Waals surface area contributed by atoms with Gasteiger partial charge < -0.3 is 5.32 Å². The molecule has 0 spiro atoms. The lowest BCUT2D eigenvalue weighted by Gasteiger charge is -2.21. The summed E-state index contributed by atoms with van der Waals surface area (Å²) >= 11 is 3.43. The second-order valence-electron chi connectivity index (χ2n) is 5.08. The van der Waals surface area contributed by atoms with E-state index in [1.54, 1.807) is 0 Å². The van der Waals surface area contributed by atoms with Crippen molar-refractivity contribution in [3.8, 4) is 0 Å². The minimum absolute atomic E-state index is 0.0363. The third kappa shape index (κ3) is 3.16. The van der Waals surface area contributed by atoms with E-state index in [9.17, 15) is 0 Å². The van der Waals surface area contributed by atoms with Gasteiger partial charge in [0.25, 0.3) is 0 Å². The Morgan fingerprint density at radius 1 is 1.33 bits per heavy atom. The topological polar surface area (TPSA) is 37.8 Å². The van der Waals surface area contributed by atoms with Gasteiger partial charge in [0.1, 0.15) is 16.2 Å². The number of anilines is 1. The smallest absolute Gasteiger partial charge is 0.135 e. The predicted octanol–water partition coefficient (Wildman–Crippen LogP) is 3.33. The van der Waals surface area contributed by atoms with Crippen LogP contribution in [0.1, 0.15) is 45.4 Å². The summed E-state index contributed by atoms with van der Waals surface area (Å²) in [7, 11) is 0. The van der Waals surface area contributed by atoms with E-state index in [2.05, 4.69) is 52.0 Å². The van der Waals surface area contributed by atoms with E-state index in [4.69, 9.17) is 0 Å². The molecule has 1 aliphatic carbocycles. The first-order chi connectivity index (χ1) is 6.94. The molecule has 0 unspecified atom stereocenters. The van der Waals surface area contributed by atoms with E-state index in [0.717, 1.165) is 16.2 Å². The fourth-order valence-electron chi connectivity index (χ4n) is 1.41. The first-order valence-electron chi connectivity index (χ1n) is 5.27. The standard InChI is InChI=1S/C11H16BrN3/c1-11(2,3)15-9-6-8(12)13-10(14-9)7-4-5-7/h6-7H,4-5H2,1-3H3,(H,13,14,15). The molecular formula is C11H16BrN3. The summed E-state index contributed by atoms with van der Waals surface area (Å²) < 4.78 is 0.867. The number of hydrogen-bond donors (Lipinski definition) is 1. The largest absolute Gasteiger partial charge is 0.365 e. The van der Waals surface area contributed by atoms with Crippen LogP contribution in [0.5, 0.6) is 0 Å². The molecule has 82 valence electrons. The molecule has 0 amide bonds. The van der Waals surface area contributed by atoms with Crippen molar-refractivity contribution >= 4 is 21.7 Å². The Morgan fingerprint density at radius 3 is 2.53 bits per heavy atom. The summed E-state index contributed by atoms with van der Waals surface area (Å²) in [6.07, 6.45) is 2.46. The summed E-state index contributed by atoms with van der Waals surface area (Å²) in [6, 6.07) is 1.93. The van der Waals surface area contributed by atoms with E-state index in [-0.39, 0.29) is 5.54 Å². The molecule has 1 N–H and O–H groups in total. The van der Waals surface area contributed by atoms with Crippen molar-refractivity contribution < 1.29 is 0 Å². The van der Waals surface area contributed by atoms with Gasteiger partial charge in [0, 0.05) is 17.5 Å². The van der Waals surface area contributed by atoms with Gasteiger partial charge in [-0.1, -0.05) is 0 Å². The van der Waals surface area contributed by atoms with Crippen molar-refractivity contribution in [2.24, 2.45) is 0 Å². The summed E-state index contributed by atoms with van der Waals surface area (Å²) in [5, 5.41) is 3.36. The molecule has 1 aliphatic rings. The summed E-state index contributed by atoms with van der Waals surface area (Å²) in [6.45, 7) is 6.37. The molecular weight excluding hydrogens is 254 g/mol. The van der Waals surface area contributed by atoms with E-state index in [1.807, 2.05) is 6.07 Å². The van der Waals surface area contributed by atoms with Crippen molar-refractivity contribution in [2.75, 3.05) is 5.32 Å². The average molecular weight is 270 g/mol. The third-order valence-electron chi connectivity index (χ3n) is 2.16. The van der Waals surface area contributed by atoms with Crippen molar-refractivity contribution in [1.82, 2.24) is 9.97 Å². The van der Waals surface area contributed by atoms with E-state index in [1.165, 1.54) is 12.8 Å². The van der Waals surface area contributed by atoms with Gasteiger partial charge in [-0.2, -0.15) is 0 Å². The van der Waals surface area contributed by atoms with Gasteiger partial charge in [-0.05, 0) is 49.5 Å². The van der Waals surface area contributed by atoms with E-state index in [0.29, 0.717) is 5.92 Å². The number of nitrogens with zero attached hydrogens (tertiary/aromatic N) is 2. The van der Waals surface area contributed by atoms with Gasteiger partial charge in [0.15, 0.2) is 0 Å². The molecule has 1 aromatic rings. The van der Waals surface area contributed by atoms with Crippen LogP contribution in [0.15, 0.2) is 10.7 Å². The lowest BCUT2D eigenvalue weighted by Crippen LogP contribution is -2.27. The van der Waals surface area contributed by atoms with Gasteiger partial charge in [-0.15, -0.1) is 0 Å². The molecule has 1 saturated carbocycles. The van der Waals surface area contributed by atoms with Crippen molar-refractivity contribution in [1.29, 1.82) is 0 Å². The van der Waals surface area contributed by atoms with Crippen molar-refractivity contribution in [3.05, 3.63) is 16.5 Å². The first kappa shape index (κ1) is 10.9. The third-order valence-corrected chi connectivity index (χ3v) is 2.56. The van der Waals surface area contributed by atoms with Gasteiger partial charge in [-0.3, -0.25) is 0 Å². The fraction of sp³-hybridized carbons (Fsp3) is 0.636. The number of nitrogens with one attached hydrogen (secondary N) is 1. The Balaban J connectivity index is 2.23. The molecule has 3 nitrogen and oxygen atoms in total. The lowest BCUT2D eigenvalue weighted by atomic mass is 10.1. The van der Waals surface area contributed by atoms with E-state index < -0.39 is 0 Å². The summed E-state index contributed by atoms with van der Waals surface area (Å²) in [5.41, 5.74) is 0.0363. The monoisotopic (exact) mass is 269 g/mol. The highest BCUT2D eigenvalue weighted by atomic mass is 79.9. The molecule has 0 aromatic carbocycles. The number of aromatic nitrogens is 2.